The Morgan fingerprint density at radius 2 is 1.93 bits per heavy atom. The molecule has 2 rings (SSSR count). The average molecular weight is 190 g/mol. The maximum Gasteiger partial charge on any atom is 0.133 e. The molecule has 0 spiro atoms. The third-order valence-electron chi connectivity index (χ3n) is 2.03. The van der Waals surface area contributed by atoms with Crippen LogP contribution in [0.15, 0.2) is 22.6 Å². The van der Waals surface area contributed by atoms with Crippen LogP contribution in [0.4, 0.5) is 0 Å². The van der Waals surface area contributed by atoms with Gasteiger partial charge in [0.15, 0.2) is 0 Å². The van der Waals surface area contributed by atoms with Crippen LogP contribution in [0, 0.1) is 0 Å². The zero-order valence-electron chi connectivity index (χ0n) is 9.21. The Bertz CT molecular complexity index is 300. The van der Waals surface area contributed by atoms with Crippen molar-refractivity contribution in [1.82, 2.24) is 0 Å². The van der Waals surface area contributed by atoms with E-state index in [1.807, 2.05) is 13.8 Å². The molecule has 14 heavy (non-hydrogen) atoms. The van der Waals surface area contributed by atoms with Gasteiger partial charge in [-0.1, -0.05) is 39.0 Å². The normalized spacial score (nSPS) is 12.8. The highest BCUT2D eigenvalue weighted by Crippen LogP contribution is 2.21. The summed E-state index contributed by atoms with van der Waals surface area (Å²) in [6.07, 6.45) is 10.4. The molecular weight excluding hydrogens is 172 g/mol. The van der Waals surface area contributed by atoms with Gasteiger partial charge in [0.05, 0.1) is 0 Å². The number of allylic oxidation sites excluding steroid dienone is 2. The van der Waals surface area contributed by atoms with Gasteiger partial charge in [0.25, 0.3) is 0 Å². The lowest BCUT2D eigenvalue weighted by atomic mass is 10.2. The van der Waals surface area contributed by atoms with Crippen LogP contribution in [0.3, 0.4) is 0 Å². The van der Waals surface area contributed by atoms with Crippen LogP contribution < -0.4 is 0 Å². The fourth-order valence-corrected chi connectivity index (χ4v) is 1.36. The lowest BCUT2D eigenvalue weighted by Gasteiger charge is -1.86. The van der Waals surface area contributed by atoms with Crippen molar-refractivity contribution in [3.8, 4) is 0 Å². The molecule has 0 unspecified atom stereocenters. The summed E-state index contributed by atoms with van der Waals surface area (Å²) in [6, 6.07) is 2.11. The van der Waals surface area contributed by atoms with Crippen LogP contribution in [0.2, 0.25) is 0 Å². The van der Waals surface area contributed by atoms with Crippen molar-refractivity contribution < 1.29 is 4.42 Å². The second kappa shape index (κ2) is 5.48. The van der Waals surface area contributed by atoms with E-state index >= 15 is 0 Å². The molecule has 0 amide bonds. The molecule has 0 fully saturated rings. The van der Waals surface area contributed by atoms with Gasteiger partial charge in [-0.2, -0.15) is 0 Å². The van der Waals surface area contributed by atoms with Crippen molar-refractivity contribution in [2.45, 2.75) is 33.6 Å². The van der Waals surface area contributed by atoms with Crippen LogP contribution in [0.5, 0.6) is 0 Å². The summed E-state index contributed by atoms with van der Waals surface area (Å²) in [6.45, 7) is 6.10. The number of aryl methyl sites for hydroxylation is 1. The molecular formula is C13H18O. The van der Waals surface area contributed by atoms with E-state index in [1.165, 1.54) is 5.56 Å². The van der Waals surface area contributed by atoms with Crippen molar-refractivity contribution in [2.24, 2.45) is 0 Å². The molecule has 76 valence electrons. The van der Waals surface area contributed by atoms with E-state index in [1.54, 1.807) is 0 Å². The summed E-state index contributed by atoms with van der Waals surface area (Å²) in [5.74, 6) is 2.07. The minimum Gasteiger partial charge on any atom is -0.461 e. The Morgan fingerprint density at radius 3 is 2.64 bits per heavy atom. The van der Waals surface area contributed by atoms with E-state index in [2.05, 4.69) is 37.3 Å². The van der Waals surface area contributed by atoms with Gasteiger partial charge in [0.2, 0.25) is 0 Å². The molecule has 0 atom stereocenters. The van der Waals surface area contributed by atoms with Crippen molar-refractivity contribution >= 4 is 12.2 Å². The molecule has 0 bridgehead atoms. The Kier molecular flexibility index (Phi) is 4.24. The summed E-state index contributed by atoms with van der Waals surface area (Å²) < 4.78 is 5.60. The minimum absolute atomic E-state index is 0.967. The molecule has 1 aromatic heterocycles. The lowest BCUT2D eigenvalue weighted by Crippen LogP contribution is -1.68. The number of fused-ring (bicyclic) bond motifs is 1. The number of hydrogen-bond acceptors (Lipinski definition) is 1. The molecule has 0 saturated heterocycles. The Hall–Kier alpha value is -1.24. The van der Waals surface area contributed by atoms with Gasteiger partial charge in [-0.05, 0) is 18.6 Å². The SMILES string of the molecule is CC.CCc1cc2c(o1)C=CCC=C2. The van der Waals surface area contributed by atoms with Gasteiger partial charge in [-0.15, -0.1) is 0 Å². The first-order chi connectivity index (χ1) is 6.90. The molecule has 0 N–H and O–H groups in total. The van der Waals surface area contributed by atoms with Gasteiger partial charge in [0, 0.05) is 12.0 Å². The van der Waals surface area contributed by atoms with Crippen molar-refractivity contribution in [3.63, 3.8) is 0 Å². The summed E-state index contributed by atoms with van der Waals surface area (Å²) in [7, 11) is 0. The molecule has 0 aliphatic heterocycles. The van der Waals surface area contributed by atoms with Crippen LogP contribution in [-0.4, -0.2) is 0 Å². The van der Waals surface area contributed by atoms with Crippen LogP contribution in [0.1, 0.15) is 44.3 Å². The highest BCUT2D eigenvalue weighted by molar-refractivity contribution is 5.64. The average Bonchev–Trinajstić information content (AvgIpc) is 2.52. The van der Waals surface area contributed by atoms with Gasteiger partial charge >= 0.3 is 0 Å². The zero-order valence-corrected chi connectivity index (χ0v) is 9.21. The number of furan rings is 1. The Morgan fingerprint density at radius 1 is 1.21 bits per heavy atom. The van der Waals surface area contributed by atoms with E-state index in [4.69, 9.17) is 4.42 Å². The fraction of sp³-hybridized carbons (Fsp3) is 0.385. The molecule has 1 heterocycles. The van der Waals surface area contributed by atoms with Crippen molar-refractivity contribution in [1.29, 1.82) is 0 Å². The monoisotopic (exact) mass is 190 g/mol. The maximum absolute atomic E-state index is 5.60. The van der Waals surface area contributed by atoms with Gasteiger partial charge in [-0.3, -0.25) is 0 Å². The van der Waals surface area contributed by atoms with Crippen LogP contribution in [0.25, 0.3) is 12.2 Å². The Balaban J connectivity index is 0.000000461. The van der Waals surface area contributed by atoms with E-state index in [-0.39, 0.29) is 0 Å². The topological polar surface area (TPSA) is 13.1 Å². The summed E-state index contributed by atoms with van der Waals surface area (Å²) in [5, 5.41) is 0. The maximum atomic E-state index is 5.60. The Labute approximate surface area is 86.1 Å². The zero-order chi connectivity index (χ0) is 10.4. The van der Waals surface area contributed by atoms with Crippen molar-refractivity contribution in [2.75, 3.05) is 0 Å². The molecule has 1 aliphatic carbocycles. The second-order valence-corrected chi connectivity index (χ2v) is 2.93. The standard InChI is InChI=1S/C11H12O.C2H6/c1-2-10-8-9-6-4-3-5-7-11(9)12-10;1-2/h4-8H,2-3H2,1H3;1-2H3. The molecule has 1 aromatic rings. The first-order valence-corrected chi connectivity index (χ1v) is 5.36. The smallest absolute Gasteiger partial charge is 0.133 e. The third-order valence-corrected chi connectivity index (χ3v) is 2.03. The molecule has 1 aliphatic rings. The number of rotatable bonds is 1. The van der Waals surface area contributed by atoms with Crippen LogP contribution >= 0.6 is 0 Å². The summed E-state index contributed by atoms with van der Waals surface area (Å²) >= 11 is 0. The lowest BCUT2D eigenvalue weighted by molar-refractivity contribution is 0.507. The quantitative estimate of drug-likeness (QED) is 0.643. The molecule has 0 aromatic carbocycles. The van der Waals surface area contributed by atoms with E-state index in [0.29, 0.717) is 0 Å². The summed E-state index contributed by atoms with van der Waals surface area (Å²) in [5.41, 5.74) is 1.21. The molecule has 0 saturated carbocycles. The number of hydrogen-bond donors (Lipinski definition) is 0. The highest BCUT2D eigenvalue weighted by Gasteiger charge is 2.05. The fourth-order valence-electron chi connectivity index (χ4n) is 1.36. The van der Waals surface area contributed by atoms with E-state index in [9.17, 15) is 0 Å². The van der Waals surface area contributed by atoms with Gasteiger partial charge < -0.3 is 4.42 Å². The van der Waals surface area contributed by atoms with E-state index in [0.717, 1.165) is 24.4 Å². The van der Waals surface area contributed by atoms with E-state index < -0.39 is 0 Å². The minimum atomic E-state index is 0.967. The molecule has 0 radical (unpaired) electrons. The molecule has 1 heteroatoms. The van der Waals surface area contributed by atoms with Crippen molar-refractivity contribution in [3.05, 3.63) is 35.3 Å². The first kappa shape index (κ1) is 10.8. The summed E-state index contributed by atoms with van der Waals surface area (Å²) in [4.78, 5) is 0. The third kappa shape index (κ3) is 2.38. The van der Waals surface area contributed by atoms with Crippen LogP contribution in [-0.2, 0) is 6.42 Å². The molecule has 1 nitrogen and oxygen atoms in total. The second-order valence-electron chi connectivity index (χ2n) is 2.93. The van der Waals surface area contributed by atoms with Gasteiger partial charge in [0.1, 0.15) is 11.5 Å². The van der Waals surface area contributed by atoms with Gasteiger partial charge in [-0.25, -0.2) is 0 Å². The predicted octanol–water partition coefficient (Wildman–Crippen LogP) is 4.30. The predicted molar refractivity (Wildman–Crippen MR) is 62.1 cm³/mol. The highest BCUT2D eigenvalue weighted by atomic mass is 16.3. The first-order valence-electron chi connectivity index (χ1n) is 5.36. The largest absolute Gasteiger partial charge is 0.461 e.